The van der Waals surface area contributed by atoms with Gasteiger partial charge in [0.05, 0.1) is 0 Å². The smallest absolute Gasteiger partial charge is 0.254 e. The molecule has 2 aromatic rings. The molecule has 2 aliphatic heterocycles. The SMILES string of the molecule is O=C(c1cccc2[nH]ccc12)N1CC2CCCNC2C1. The third kappa shape index (κ3) is 1.83. The number of aromatic nitrogens is 1. The highest BCUT2D eigenvalue weighted by molar-refractivity contribution is 6.06. The van der Waals surface area contributed by atoms with Crippen molar-refractivity contribution in [3.8, 4) is 0 Å². The second kappa shape index (κ2) is 4.63. The number of carbonyl (C=O) groups is 1. The lowest BCUT2D eigenvalue weighted by molar-refractivity contribution is 0.0787. The van der Waals surface area contributed by atoms with Crippen molar-refractivity contribution in [1.82, 2.24) is 15.2 Å². The van der Waals surface area contributed by atoms with Crippen LogP contribution in [0.2, 0.25) is 0 Å². The van der Waals surface area contributed by atoms with Crippen LogP contribution in [-0.2, 0) is 0 Å². The molecule has 4 rings (SSSR count). The molecule has 104 valence electrons. The molecular weight excluding hydrogens is 250 g/mol. The molecule has 1 amide bonds. The molecule has 2 atom stereocenters. The van der Waals surface area contributed by atoms with Crippen LogP contribution < -0.4 is 5.32 Å². The fraction of sp³-hybridized carbons (Fsp3) is 0.438. The summed E-state index contributed by atoms with van der Waals surface area (Å²) in [7, 11) is 0. The summed E-state index contributed by atoms with van der Waals surface area (Å²) in [5.74, 6) is 0.810. The standard InChI is InChI=1S/C16H19N3O/c20-16(13-4-1-5-14-12(13)6-8-18-14)19-9-11-3-2-7-17-15(11)10-19/h1,4-6,8,11,15,17-18H,2-3,7,9-10H2. The van der Waals surface area contributed by atoms with E-state index in [2.05, 4.69) is 10.3 Å². The van der Waals surface area contributed by atoms with Crippen molar-refractivity contribution in [1.29, 1.82) is 0 Å². The van der Waals surface area contributed by atoms with Gasteiger partial charge in [0.15, 0.2) is 0 Å². The van der Waals surface area contributed by atoms with Gasteiger partial charge in [0.25, 0.3) is 5.91 Å². The van der Waals surface area contributed by atoms with Crippen LogP contribution in [0.25, 0.3) is 10.9 Å². The monoisotopic (exact) mass is 269 g/mol. The Bertz CT molecular complexity index is 634. The Hall–Kier alpha value is -1.81. The molecule has 0 bridgehead atoms. The molecule has 0 spiro atoms. The largest absolute Gasteiger partial charge is 0.361 e. The van der Waals surface area contributed by atoms with Crippen LogP contribution >= 0.6 is 0 Å². The minimum Gasteiger partial charge on any atom is -0.361 e. The summed E-state index contributed by atoms with van der Waals surface area (Å²) in [4.78, 5) is 18.0. The number of hydrogen-bond donors (Lipinski definition) is 2. The molecule has 20 heavy (non-hydrogen) atoms. The van der Waals surface area contributed by atoms with Gasteiger partial charge >= 0.3 is 0 Å². The summed E-state index contributed by atoms with van der Waals surface area (Å²) < 4.78 is 0. The first-order valence-electron chi connectivity index (χ1n) is 7.42. The highest BCUT2D eigenvalue weighted by atomic mass is 16.2. The van der Waals surface area contributed by atoms with E-state index in [-0.39, 0.29) is 5.91 Å². The van der Waals surface area contributed by atoms with Crippen molar-refractivity contribution in [3.63, 3.8) is 0 Å². The number of aromatic amines is 1. The third-order valence-electron chi connectivity index (χ3n) is 4.71. The Morgan fingerprint density at radius 1 is 1.25 bits per heavy atom. The van der Waals surface area contributed by atoms with E-state index in [1.165, 1.54) is 12.8 Å². The van der Waals surface area contributed by atoms with Gasteiger partial charge in [0, 0.05) is 41.8 Å². The Morgan fingerprint density at radius 3 is 3.10 bits per heavy atom. The van der Waals surface area contributed by atoms with Crippen LogP contribution in [0.5, 0.6) is 0 Å². The second-order valence-electron chi connectivity index (χ2n) is 5.92. The summed E-state index contributed by atoms with van der Waals surface area (Å²) in [5, 5.41) is 4.58. The van der Waals surface area contributed by atoms with E-state index in [0.717, 1.165) is 36.1 Å². The quantitative estimate of drug-likeness (QED) is 0.832. The second-order valence-corrected chi connectivity index (χ2v) is 5.92. The first-order valence-corrected chi connectivity index (χ1v) is 7.42. The molecule has 3 heterocycles. The summed E-state index contributed by atoms with van der Waals surface area (Å²) >= 11 is 0. The van der Waals surface area contributed by atoms with E-state index in [1.807, 2.05) is 35.4 Å². The number of hydrogen-bond acceptors (Lipinski definition) is 2. The molecule has 2 fully saturated rings. The van der Waals surface area contributed by atoms with Crippen LogP contribution in [0, 0.1) is 5.92 Å². The van der Waals surface area contributed by atoms with Crippen LogP contribution in [0.15, 0.2) is 30.5 Å². The van der Waals surface area contributed by atoms with Crippen LogP contribution in [-0.4, -0.2) is 41.5 Å². The maximum Gasteiger partial charge on any atom is 0.254 e. The fourth-order valence-electron chi connectivity index (χ4n) is 3.65. The van der Waals surface area contributed by atoms with Crippen molar-refractivity contribution in [2.24, 2.45) is 5.92 Å². The molecule has 2 unspecified atom stereocenters. The maximum absolute atomic E-state index is 12.8. The molecular formula is C16H19N3O. The first kappa shape index (κ1) is 12.0. The number of nitrogens with one attached hydrogen (secondary N) is 2. The lowest BCUT2D eigenvalue weighted by atomic mass is 9.94. The summed E-state index contributed by atoms with van der Waals surface area (Å²) in [5.41, 5.74) is 1.85. The van der Waals surface area contributed by atoms with Crippen molar-refractivity contribution in [2.45, 2.75) is 18.9 Å². The maximum atomic E-state index is 12.8. The molecule has 0 radical (unpaired) electrons. The summed E-state index contributed by atoms with van der Waals surface area (Å²) in [6, 6.07) is 8.39. The van der Waals surface area contributed by atoms with E-state index in [4.69, 9.17) is 0 Å². The van der Waals surface area contributed by atoms with E-state index >= 15 is 0 Å². The highest BCUT2D eigenvalue weighted by Crippen LogP contribution is 2.27. The number of fused-ring (bicyclic) bond motifs is 2. The molecule has 1 aromatic carbocycles. The van der Waals surface area contributed by atoms with E-state index in [0.29, 0.717) is 12.0 Å². The topological polar surface area (TPSA) is 48.1 Å². The molecule has 2 saturated heterocycles. The number of H-pyrrole nitrogens is 1. The molecule has 4 nitrogen and oxygen atoms in total. The van der Waals surface area contributed by atoms with Crippen molar-refractivity contribution >= 4 is 16.8 Å². The Morgan fingerprint density at radius 2 is 2.20 bits per heavy atom. The molecule has 0 aliphatic carbocycles. The summed E-state index contributed by atoms with van der Waals surface area (Å²) in [6.07, 6.45) is 4.37. The van der Waals surface area contributed by atoms with Crippen molar-refractivity contribution in [2.75, 3.05) is 19.6 Å². The number of benzene rings is 1. The molecule has 2 aliphatic rings. The Labute approximate surface area is 118 Å². The van der Waals surface area contributed by atoms with Crippen molar-refractivity contribution < 1.29 is 4.79 Å². The van der Waals surface area contributed by atoms with Gasteiger partial charge in [0.1, 0.15) is 0 Å². The van der Waals surface area contributed by atoms with Gasteiger partial charge in [0.2, 0.25) is 0 Å². The molecule has 2 N–H and O–H groups in total. The van der Waals surface area contributed by atoms with Crippen LogP contribution in [0.3, 0.4) is 0 Å². The van der Waals surface area contributed by atoms with Gasteiger partial charge in [-0.05, 0) is 43.5 Å². The van der Waals surface area contributed by atoms with E-state index in [9.17, 15) is 4.79 Å². The van der Waals surface area contributed by atoms with Gasteiger partial charge < -0.3 is 15.2 Å². The minimum absolute atomic E-state index is 0.173. The van der Waals surface area contributed by atoms with Crippen LogP contribution in [0.1, 0.15) is 23.2 Å². The Kier molecular flexibility index (Phi) is 2.77. The number of piperidine rings is 1. The number of likely N-dealkylation sites (tertiary alicyclic amines) is 1. The average molecular weight is 269 g/mol. The van der Waals surface area contributed by atoms with E-state index in [1.54, 1.807) is 0 Å². The van der Waals surface area contributed by atoms with Crippen LogP contribution in [0.4, 0.5) is 0 Å². The minimum atomic E-state index is 0.173. The van der Waals surface area contributed by atoms with Gasteiger partial charge in [-0.3, -0.25) is 4.79 Å². The number of rotatable bonds is 1. The molecule has 1 aromatic heterocycles. The van der Waals surface area contributed by atoms with Crippen molar-refractivity contribution in [3.05, 3.63) is 36.0 Å². The van der Waals surface area contributed by atoms with E-state index < -0.39 is 0 Å². The predicted molar refractivity (Wildman–Crippen MR) is 78.7 cm³/mol. The lowest BCUT2D eigenvalue weighted by Gasteiger charge is -2.24. The zero-order valence-electron chi connectivity index (χ0n) is 11.4. The van der Waals surface area contributed by atoms with Gasteiger partial charge in [-0.1, -0.05) is 6.07 Å². The average Bonchev–Trinajstić information content (AvgIpc) is 3.12. The number of nitrogens with zero attached hydrogens (tertiary/aromatic N) is 1. The molecule has 0 saturated carbocycles. The highest BCUT2D eigenvalue weighted by Gasteiger charge is 2.36. The predicted octanol–water partition coefficient (Wildman–Crippen LogP) is 1.99. The zero-order valence-corrected chi connectivity index (χ0v) is 11.4. The summed E-state index contributed by atoms with van der Waals surface area (Å²) in [6.45, 7) is 2.85. The Balaban J connectivity index is 1.63. The fourth-order valence-corrected chi connectivity index (χ4v) is 3.65. The first-order chi connectivity index (χ1) is 9.83. The van der Waals surface area contributed by atoms with Gasteiger partial charge in [-0.25, -0.2) is 0 Å². The van der Waals surface area contributed by atoms with Gasteiger partial charge in [-0.15, -0.1) is 0 Å². The number of carbonyl (C=O) groups excluding carboxylic acids is 1. The zero-order chi connectivity index (χ0) is 13.5. The normalized spacial score (nSPS) is 25.9. The van der Waals surface area contributed by atoms with Gasteiger partial charge in [-0.2, -0.15) is 0 Å². The number of amides is 1. The molecule has 4 heteroatoms. The third-order valence-corrected chi connectivity index (χ3v) is 4.71. The lowest BCUT2D eigenvalue weighted by Crippen LogP contribution is -2.41.